The lowest BCUT2D eigenvalue weighted by Crippen LogP contribution is -2.38. The van der Waals surface area contributed by atoms with E-state index in [0.717, 1.165) is 32.1 Å². The largest absolute Gasteiger partial charge is 0.324 e. The number of nitrogens with zero attached hydrogens (tertiary/aromatic N) is 2. The molecule has 1 heterocycles. The van der Waals surface area contributed by atoms with Crippen molar-refractivity contribution in [2.24, 2.45) is 7.05 Å². The molecule has 0 unspecified atom stereocenters. The summed E-state index contributed by atoms with van der Waals surface area (Å²) in [7, 11) is -0.534. The zero-order valence-electron chi connectivity index (χ0n) is 15.0. The maximum absolute atomic E-state index is 12.9. The van der Waals surface area contributed by atoms with Gasteiger partial charge in [-0.05, 0) is 23.8 Å². The molecule has 3 rings (SSSR count). The molecule has 1 aromatic heterocycles. The smallest absolute Gasteiger partial charge is 0.307 e. The molecule has 0 saturated heterocycles. The molecule has 0 radical (unpaired) electrons. The van der Waals surface area contributed by atoms with Crippen molar-refractivity contribution >= 4 is 43.2 Å². The van der Waals surface area contributed by atoms with E-state index in [-0.39, 0.29) is 4.87 Å². The highest BCUT2D eigenvalue weighted by atomic mass is 32.2. The molecule has 7 nitrogen and oxygen atoms in total. The number of fused-ring (bicyclic) bond motifs is 1. The second-order valence-corrected chi connectivity index (χ2v) is 9.23. The first-order valence-electron chi connectivity index (χ1n) is 8.07. The first kappa shape index (κ1) is 19.3. The third-order valence-corrected chi connectivity index (χ3v) is 6.56. The molecule has 0 bridgehead atoms. The molecular formula is C18H19N3O4S2. The minimum atomic E-state index is -3.59. The maximum atomic E-state index is 12.9. The van der Waals surface area contributed by atoms with Crippen molar-refractivity contribution in [3.8, 4) is 0 Å². The second-order valence-electron chi connectivity index (χ2n) is 6.19. The third kappa shape index (κ3) is 3.95. The molecule has 27 heavy (non-hydrogen) atoms. The van der Waals surface area contributed by atoms with E-state index in [0.29, 0.717) is 11.3 Å². The number of carbonyl (C=O) groups is 1. The minimum absolute atomic E-state index is 0.0903. The lowest BCUT2D eigenvalue weighted by molar-refractivity contribution is -0.119. The van der Waals surface area contributed by atoms with Crippen molar-refractivity contribution < 1.29 is 13.2 Å². The van der Waals surface area contributed by atoms with Crippen molar-refractivity contribution in [2.75, 3.05) is 18.6 Å². The normalized spacial score (nSPS) is 13.0. The van der Waals surface area contributed by atoms with Gasteiger partial charge in [-0.3, -0.25) is 9.59 Å². The fraction of sp³-hybridized carbons (Fsp3) is 0.222. The van der Waals surface area contributed by atoms with Crippen molar-refractivity contribution in [1.29, 1.82) is 0 Å². The second kappa shape index (κ2) is 7.26. The van der Waals surface area contributed by atoms with Crippen LogP contribution in [-0.2, 0) is 21.9 Å². The molecule has 1 amide bonds. The Morgan fingerprint density at radius 2 is 1.85 bits per heavy atom. The van der Waals surface area contributed by atoms with Crippen LogP contribution in [0, 0.1) is 0 Å². The minimum Gasteiger partial charge on any atom is -0.324 e. The number of nitrogens with one attached hydrogen (secondary N) is 1. The monoisotopic (exact) mass is 405 g/mol. The van der Waals surface area contributed by atoms with Gasteiger partial charge in [0.1, 0.15) is 6.04 Å². The summed E-state index contributed by atoms with van der Waals surface area (Å²) >= 11 is 1.09. The molecule has 0 aliphatic heterocycles. The molecule has 0 aliphatic carbocycles. The van der Waals surface area contributed by atoms with Gasteiger partial charge in [0.25, 0.3) is 0 Å². The van der Waals surface area contributed by atoms with Gasteiger partial charge < -0.3 is 9.88 Å². The number of hydrogen-bond donors (Lipinski definition) is 1. The highest BCUT2D eigenvalue weighted by Crippen LogP contribution is 2.26. The quantitative estimate of drug-likeness (QED) is 0.705. The molecule has 0 aliphatic rings. The predicted molar refractivity (Wildman–Crippen MR) is 107 cm³/mol. The maximum Gasteiger partial charge on any atom is 0.307 e. The van der Waals surface area contributed by atoms with E-state index in [4.69, 9.17) is 0 Å². The van der Waals surface area contributed by atoms with Crippen molar-refractivity contribution in [3.63, 3.8) is 0 Å². The van der Waals surface area contributed by atoms with E-state index in [2.05, 4.69) is 5.32 Å². The average molecular weight is 406 g/mol. The summed E-state index contributed by atoms with van der Waals surface area (Å²) in [5.74, 6) is -0.475. The third-order valence-electron chi connectivity index (χ3n) is 4.31. The van der Waals surface area contributed by atoms with Gasteiger partial charge in [0.2, 0.25) is 15.9 Å². The summed E-state index contributed by atoms with van der Waals surface area (Å²) < 4.78 is 27.4. The van der Waals surface area contributed by atoms with Crippen LogP contribution in [0.5, 0.6) is 0 Å². The Balaban J connectivity index is 1.96. The van der Waals surface area contributed by atoms with Crippen LogP contribution in [0.15, 0.2) is 53.3 Å². The van der Waals surface area contributed by atoms with E-state index in [1.54, 1.807) is 55.6 Å². The molecule has 0 spiro atoms. The number of benzene rings is 2. The van der Waals surface area contributed by atoms with Crippen LogP contribution in [0.2, 0.25) is 0 Å². The molecular weight excluding hydrogens is 386 g/mol. The van der Waals surface area contributed by atoms with Gasteiger partial charge >= 0.3 is 4.87 Å². The number of amides is 1. The lowest BCUT2D eigenvalue weighted by Gasteiger charge is -2.25. The first-order chi connectivity index (χ1) is 12.7. The van der Waals surface area contributed by atoms with E-state index >= 15 is 0 Å². The van der Waals surface area contributed by atoms with Crippen LogP contribution in [0.25, 0.3) is 10.2 Å². The number of sulfonamides is 1. The molecule has 0 fully saturated rings. The topological polar surface area (TPSA) is 88.5 Å². The Labute approximate surface area is 160 Å². The summed E-state index contributed by atoms with van der Waals surface area (Å²) in [6, 6.07) is 12.8. The van der Waals surface area contributed by atoms with Crippen LogP contribution in [0.3, 0.4) is 0 Å². The van der Waals surface area contributed by atoms with Crippen LogP contribution in [0.1, 0.15) is 11.6 Å². The summed E-state index contributed by atoms with van der Waals surface area (Å²) in [5.41, 5.74) is 1.83. The molecule has 9 heteroatoms. The number of carbonyl (C=O) groups excluding carboxylic acids is 1. The number of rotatable bonds is 5. The lowest BCUT2D eigenvalue weighted by atomic mass is 10.1. The number of thiazole rings is 1. The Kier molecular flexibility index (Phi) is 5.18. The van der Waals surface area contributed by atoms with Gasteiger partial charge in [-0.15, -0.1) is 0 Å². The zero-order valence-corrected chi connectivity index (χ0v) is 16.7. The van der Waals surface area contributed by atoms with Crippen LogP contribution in [0.4, 0.5) is 5.69 Å². The molecule has 142 valence electrons. The van der Waals surface area contributed by atoms with Gasteiger partial charge in [0.15, 0.2) is 0 Å². The number of anilines is 1. The molecule has 1 N–H and O–H groups in total. The predicted octanol–water partition coefficient (Wildman–Crippen LogP) is 2.17. The Bertz CT molecular complexity index is 1150. The van der Waals surface area contributed by atoms with Crippen LogP contribution < -0.4 is 10.2 Å². The molecule has 1 atom stereocenters. The SMILES string of the molecule is CN([C@@H](C(=O)Nc1ccc2c(c1)sc(=O)n2C)c1ccccc1)S(C)(=O)=O. The van der Waals surface area contributed by atoms with E-state index in [1.165, 1.54) is 11.6 Å². The molecule has 0 saturated carbocycles. The van der Waals surface area contributed by atoms with E-state index in [1.807, 2.05) is 0 Å². The average Bonchev–Trinajstić information content (AvgIpc) is 2.89. The van der Waals surface area contributed by atoms with Gasteiger partial charge in [-0.1, -0.05) is 41.7 Å². The molecule has 3 aromatic rings. The fourth-order valence-electron chi connectivity index (χ4n) is 2.78. The Morgan fingerprint density at radius 3 is 2.48 bits per heavy atom. The van der Waals surface area contributed by atoms with Gasteiger partial charge in [0.05, 0.1) is 16.5 Å². The summed E-state index contributed by atoms with van der Waals surface area (Å²) in [6.45, 7) is 0. The highest BCUT2D eigenvalue weighted by molar-refractivity contribution is 7.88. The summed E-state index contributed by atoms with van der Waals surface area (Å²) in [6.07, 6.45) is 1.06. The number of aryl methyl sites for hydroxylation is 1. The van der Waals surface area contributed by atoms with E-state index in [9.17, 15) is 18.0 Å². The van der Waals surface area contributed by atoms with Crippen LogP contribution in [-0.4, -0.2) is 36.5 Å². The van der Waals surface area contributed by atoms with Gasteiger partial charge in [-0.25, -0.2) is 8.42 Å². The Morgan fingerprint density at radius 1 is 1.19 bits per heavy atom. The van der Waals surface area contributed by atoms with E-state index < -0.39 is 22.0 Å². The van der Waals surface area contributed by atoms with Gasteiger partial charge in [0, 0.05) is 19.8 Å². The number of aromatic nitrogens is 1. The number of likely N-dealkylation sites (N-methyl/N-ethyl adjacent to an activating group) is 1. The zero-order chi connectivity index (χ0) is 19.8. The first-order valence-corrected chi connectivity index (χ1v) is 10.7. The van der Waals surface area contributed by atoms with Crippen molar-refractivity contribution in [3.05, 3.63) is 63.8 Å². The molecule has 2 aromatic carbocycles. The summed E-state index contributed by atoms with van der Waals surface area (Å²) in [4.78, 5) is 24.6. The summed E-state index contributed by atoms with van der Waals surface area (Å²) in [5, 5.41) is 2.76. The fourth-order valence-corrected chi connectivity index (χ4v) is 4.29. The standard InChI is InChI=1S/C18H19N3O4S2/c1-20-14-10-9-13(11-15(14)26-18(20)23)19-17(22)16(21(2)27(3,24)25)12-7-5-4-6-8-12/h4-11,16H,1-3H3,(H,19,22)/t16-/m1/s1. The number of hydrogen-bond acceptors (Lipinski definition) is 5. The van der Waals surface area contributed by atoms with Crippen molar-refractivity contribution in [1.82, 2.24) is 8.87 Å². The highest BCUT2D eigenvalue weighted by Gasteiger charge is 2.30. The Hall–Kier alpha value is -2.49. The van der Waals surface area contributed by atoms with Crippen LogP contribution >= 0.6 is 11.3 Å². The van der Waals surface area contributed by atoms with Crippen molar-refractivity contribution in [2.45, 2.75) is 6.04 Å². The van der Waals surface area contributed by atoms with Gasteiger partial charge in [-0.2, -0.15) is 4.31 Å².